The minimum absolute atomic E-state index is 0.00517. The molecule has 3 N–H and O–H groups in total. The zero-order valence-electron chi connectivity index (χ0n) is 72.8. The Hall–Kier alpha value is -11.3. The number of nitrogens with zero attached hydrogens (tertiary/aromatic N) is 18. The molecule has 0 radical (unpaired) electrons. The number of carbonyl (C=O) groups is 3. The highest BCUT2D eigenvalue weighted by Gasteiger charge is 2.38. The van der Waals surface area contributed by atoms with Gasteiger partial charge in [0.05, 0.1) is 124 Å². The highest BCUT2D eigenvalue weighted by Crippen LogP contribution is 2.55. The zero-order chi connectivity index (χ0) is 98.7. The molecule has 696 valence electrons. The van der Waals surface area contributed by atoms with Gasteiger partial charge in [-0.2, -0.15) is 20.2 Å². The van der Waals surface area contributed by atoms with Gasteiger partial charge in [0.25, 0.3) is 16.7 Å². The Bertz CT molecular complexity index is 6640. The van der Waals surface area contributed by atoms with Gasteiger partial charge in [-0.3, -0.25) is 57.4 Å². The maximum atomic E-state index is 14.7. The number of aromatic nitrogens is 9. The minimum Gasteiger partial charge on any atom is -0.505 e. The number of anilines is 3. The van der Waals surface area contributed by atoms with E-state index >= 15 is 0 Å². The average molecular weight is 2090 g/mol. The molecule has 0 aliphatic carbocycles. The summed E-state index contributed by atoms with van der Waals surface area (Å²) >= 11 is 84.0. The van der Waals surface area contributed by atoms with E-state index in [1.165, 1.54) is 38.0 Å². The van der Waals surface area contributed by atoms with Crippen molar-refractivity contribution in [3.8, 4) is 86.3 Å². The molecule has 135 heavy (non-hydrogen) atoms. The maximum absolute atomic E-state index is 14.7. The van der Waals surface area contributed by atoms with E-state index in [-0.39, 0.29) is 190 Å². The first-order valence-electron chi connectivity index (χ1n) is 41.1. The molecule has 0 spiro atoms. The lowest BCUT2D eigenvalue weighted by atomic mass is 10.0. The summed E-state index contributed by atoms with van der Waals surface area (Å²) in [7, 11) is 0. The smallest absolute Gasteiger partial charge is 0.276 e. The van der Waals surface area contributed by atoms with Crippen molar-refractivity contribution in [2.24, 2.45) is 0 Å². The first-order valence-corrected chi connectivity index (χ1v) is 46.0. The van der Waals surface area contributed by atoms with Crippen LogP contribution in [-0.2, 0) is 14.4 Å². The minimum atomic E-state index is -1.65. The summed E-state index contributed by atoms with van der Waals surface area (Å²) in [5.41, 5.74) is 3.24. The summed E-state index contributed by atoms with van der Waals surface area (Å²) in [5, 5.41) is 60.7. The van der Waals surface area contributed by atoms with Crippen molar-refractivity contribution in [2.45, 2.75) is 80.1 Å². The molecule has 12 aromatic rings. The Labute approximate surface area is 835 Å². The molecular weight excluding hydrogens is 2010 g/mol. The summed E-state index contributed by atoms with van der Waals surface area (Å²) < 4.78 is 33.0. The lowest BCUT2D eigenvalue weighted by molar-refractivity contribution is -0.127. The fraction of sp³-hybridized carbons (Fsp3) is 0.258. The lowest BCUT2D eigenvalue weighted by Gasteiger charge is -2.36. The fourth-order valence-electron chi connectivity index (χ4n) is 16.4. The number of phenols is 3. The third kappa shape index (κ3) is 18.3. The number of nitriles is 3. The number of rotatable bonds is 15. The number of hydrogen-bond donors (Lipinski definition) is 3. The number of carbonyl (C=O) groups excluding carboxylic acids is 3. The second-order valence-electron chi connectivity index (χ2n) is 32.0. The largest absolute Gasteiger partial charge is 0.505 e. The van der Waals surface area contributed by atoms with Crippen molar-refractivity contribution in [2.75, 3.05) is 93.2 Å². The van der Waals surface area contributed by atoms with E-state index in [4.69, 9.17) is 161 Å². The van der Waals surface area contributed by atoms with Crippen LogP contribution in [0.4, 0.5) is 25.8 Å². The molecule has 27 nitrogen and oxygen atoms in total. The summed E-state index contributed by atoms with van der Waals surface area (Å²) in [6.07, 6.45) is 8.62. The molecule has 12 heterocycles. The number of hydrogen-bond acceptors (Lipinski definition) is 21. The van der Waals surface area contributed by atoms with Crippen molar-refractivity contribution in [1.82, 2.24) is 58.3 Å². The topological polar surface area (TPSA) is 346 Å². The van der Waals surface area contributed by atoms with E-state index in [0.717, 1.165) is 0 Å². The van der Waals surface area contributed by atoms with Crippen LogP contribution in [0.3, 0.4) is 0 Å². The zero-order valence-corrected chi connectivity index (χ0v) is 82.6. The molecule has 3 aliphatic rings. The molecule has 9 aromatic heterocycles. The second kappa shape index (κ2) is 40.9. The molecule has 0 atom stereocenters. The van der Waals surface area contributed by atoms with Crippen molar-refractivity contribution in [1.29, 1.82) is 15.8 Å². The van der Waals surface area contributed by atoms with Crippen LogP contribution in [0.15, 0.2) is 107 Å². The summed E-state index contributed by atoms with van der Waals surface area (Å²) in [5.74, 6) is -6.49. The third-order valence-corrected chi connectivity index (χ3v) is 28.0. The molecule has 42 heteroatoms. The maximum Gasteiger partial charge on any atom is 0.276 e. The van der Waals surface area contributed by atoms with E-state index in [1.54, 1.807) is 75.4 Å². The number of pyridine rings is 9. The lowest BCUT2D eigenvalue weighted by Crippen LogP contribution is -2.49. The van der Waals surface area contributed by atoms with E-state index < -0.39 is 61.2 Å². The molecular formula is C93H75Cl13F2N18O9. The molecule has 3 aromatic carbocycles. The van der Waals surface area contributed by atoms with Crippen molar-refractivity contribution < 1.29 is 38.5 Å². The van der Waals surface area contributed by atoms with Crippen molar-refractivity contribution in [3.63, 3.8) is 0 Å². The number of halogens is 15. The van der Waals surface area contributed by atoms with Gasteiger partial charge in [-0.15, -0.1) is 0 Å². The van der Waals surface area contributed by atoms with E-state index in [1.807, 2.05) is 65.2 Å². The van der Waals surface area contributed by atoms with Crippen LogP contribution in [0, 0.1) is 66.4 Å². The molecule has 0 bridgehead atoms. The number of benzene rings is 3. The molecule has 3 fully saturated rings. The quantitative estimate of drug-likeness (QED) is 0.0487. The average Bonchev–Trinajstić information content (AvgIpc) is 0.728. The SMILES string of the molecule is C=CC(=O)N1CCN(c2c(C#N)c(=O)n(-c3c(C)ccnc3C(C)C)c3nc(-c4c(Cl)c(O)c(Cl)c(Cl)c4Cl)c(Cl)cc23)CC1.C=CC(=O)N1CCN(c2c(C#N)c(=O)n(-c3c(C)ccnc3C(C)C)c3nc(-c4c(Cl)c(O)c(Cl)c(Cl)c4Cl)c(Cl)cc23)CC1.C=CC(=O)N1CCN(c2c(C#N)c(=O)n(-c3c(C)ccnc3C(C)C)c3nc(-c4c(Cl)c(O)c(F)c(F)c4Cl)c(Cl)cc23)CC1. The molecule has 15 rings (SSSR count). The van der Waals surface area contributed by atoms with E-state index in [2.05, 4.69) is 57.9 Å². The summed E-state index contributed by atoms with van der Waals surface area (Å²) in [4.78, 5) is 118. The Morgan fingerprint density at radius 2 is 0.630 bits per heavy atom. The molecule has 3 amide bonds. The van der Waals surface area contributed by atoms with Crippen LogP contribution in [-0.4, -0.2) is 170 Å². The van der Waals surface area contributed by atoms with Crippen LogP contribution in [0.2, 0.25) is 65.3 Å². The summed E-state index contributed by atoms with van der Waals surface area (Å²) in [6, 6.07) is 16.1. The van der Waals surface area contributed by atoms with Crippen LogP contribution in [0.1, 0.15) is 110 Å². The Morgan fingerprint density at radius 1 is 0.378 bits per heavy atom. The summed E-state index contributed by atoms with van der Waals surface area (Å²) in [6.45, 7) is 31.4. The number of aromatic hydroxyl groups is 3. The van der Waals surface area contributed by atoms with Crippen molar-refractivity contribution >= 4 is 219 Å². The van der Waals surface area contributed by atoms with Gasteiger partial charge >= 0.3 is 0 Å². The monoisotopic (exact) mass is 2080 g/mol. The van der Waals surface area contributed by atoms with Gasteiger partial charge in [-0.25, -0.2) is 19.3 Å². The van der Waals surface area contributed by atoms with E-state index in [9.17, 15) is 68.7 Å². The normalized spacial score (nSPS) is 13.4. The third-order valence-electron chi connectivity index (χ3n) is 23.0. The highest BCUT2D eigenvalue weighted by molar-refractivity contribution is 6.54. The van der Waals surface area contributed by atoms with Crippen LogP contribution in [0.5, 0.6) is 17.2 Å². The molecule has 0 unspecified atom stereocenters. The second-order valence-corrected chi connectivity index (χ2v) is 37.0. The fourth-order valence-corrected chi connectivity index (χ4v) is 19.9. The van der Waals surface area contributed by atoms with Gasteiger partial charge in [0, 0.05) is 130 Å². The number of amides is 3. The Morgan fingerprint density at radius 3 is 0.874 bits per heavy atom. The molecule has 3 saturated heterocycles. The first-order chi connectivity index (χ1) is 64.0. The highest BCUT2D eigenvalue weighted by atomic mass is 35.5. The van der Waals surface area contributed by atoms with Gasteiger partial charge in [0.2, 0.25) is 23.5 Å². The standard InChI is InChI=1S/2C31H25Cl5N6O3.C31H25Cl3F2N6O3/c3*1-5-19(43)40-8-10-41(11-9-40)28-16-12-18(32)26(20-21(33)23(35)24(36)29(44)22(20)34)39-30(16)42(31(45)17(28)13-37)27-15(4)6-7-38-25(27)14(2)3/h3*5-7,12,14,44H,1,8-11H2,2-4H3. The number of aryl methyl sites for hydroxylation is 3. The Balaban J connectivity index is 0.000000171. The van der Waals surface area contributed by atoms with Crippen molar-refractivity contribution in [3.05, 3.63) is 251 Å². The number of piperazine rings is 3. The first kappa shape index (κ1) is 101. The van der Waals surface area contributed by atoms with Crippen LogP contribution >= 0.6 is 151 Å². The molecule has 0 saturated carbocycles. The number of phenolic OH excluding ortho intramolecular Hbond substituents is 3. The van der Waals surface area contributed by atoms with E-state index in [0.29, 0.717) is 125 Å². The predicted octanol–water partition coefficient (Wildman–Crippen LogP) is 21.6. The van der Waals surface area contributed by atoms with Gasteiger partial charge in [0.1, 0.15) is 61.9 Å². The van der Waals surface area contributed by atoms with Gasteiger partial charge < -0.3 is 44.7 Å². The predicted molar refractivity (Wildman–Crippen MR) is 529 cm³/mol. The number of fused-ring (bicyclic) bond motifs is 3. The van der Waals surface area contributed by atoms with Crippen LogP contribution < -0.4 is 31.4 Å². The molecule has 3 aliphatic heterocycles. The van der Waals surface area contributed by atoms with Crippen LogP contribution in [0.25, 0.3) is 83.9 Å². The van der Waals surface area contributed by atoms with Gasteiger partial charge in [-0.1, -0.05) is 212 Å². The van der Waals surface area contributed by atoms with Gasteiger partial charge in [-0.05, 0) is 110 Å². The van der Waals surface area contributed by atoms with Gasteiger partial charge in [0.15, 0.2) is 23.1 Å². The Kier molecular flexibility index (Phi) is 30.7.